The monoisotopic (exact) mass is 323 g/mol. The smallest absolute Gasteiger partial charge is 0.119 e. The summed E-state index contributed by atoms with van der Waals surface area (Å²) in [7, 11) is 3.65. The molecule has 2 aliphatic carbocycles. The predicted molar refractivity (Wildman–Crippen MR) is 90.4 cm³/mol. The topological polar surface area (TPSA) is 32.3 Å². The van der Waals surface area contributed by atoms with Crippen molar-refractivity contribution in [1.29, 1.82) is 0 Å². The first kappa shape index (κ1) is 16.1. The molecule has 0 unspecified atom stereocenters. The van der Waals surface area contributed by atoms with Gasteiger partial charge in [-0.25, -0.2) is 0 Å². The number of ether oxygens (including phenoxy) is 1. The van der Waals surface area contributed by atoms with Crippen LogP contribution in [0.3, 0.4) is 0 Å². The highest BCUT2D eigenvalue weighted by Crippen LogP contribution is 2.57. The minimum absolute atomic E-state index is 0. The third-order valence-corrected chi connectivity index (χ3v) is 6.55. The molecule has 1 saturated carbocycles. The van der Waals surface area contributed by atoms with Gasteiger partial charge in [-0.2, -0.15) is 0 Å². The molecule has 3 nitrogen and oxygen atoms in total. The molecular formula is C18H26ClNO2. The Labute approximate surface area is 139 Å². The van der Waals surface area contributed by atoms with Crippen molar-refractivity contribution in [1.82, 2.24) is 0 Å². The first-order valence-electron chi connectivity index (χ1n) is 8.30. The van der Waals surface area contributed by atoms with Crippen molar-refractivity contribution in [3.05, 3.63) is 34.5 Å². The van der Waals surface area contributed by atoms with E-state index in [2.05, 4.69) is 18.2 Å². The van der Waals surface area contributed by atoms with Crippen LogP contribution in [0.1, 0.15) is 43.2 Å². The molecule has 2 bridgehead atoms. The number of quaternary nitrogens is 1. The number of nitrogens with zero attached hydrogens (tertiary/aromatic N) is 1. The molecule has 4 atom stereocenters. The van der Waals surface area contributed by atoms with E-state index in [1.165, 1.54) is 36.8 Å². The van der Waals surface area contributed by atoms with Crippen molar-refractivity contribution in [3.63, 3.8) is 0 Å². The Morgan fingerprint density at radius 3 is 2.86 bits per heavy atom. The molecule has 4 heteroatoms. The zero-order valence-corrected chi connectivity index (χ0v) is 14.3. The van der Waals surface area contributed by atoms with Crippen molar-refractivity contribution >= 4 is 12.4 Å². The van der Waals surface area contributed by atoms with Gasteiger partial charge in [0.1, 0.15) is 5.75 Å². The fraction of sp³-hybridized carbons (Fsp3) is 0.667. The average Bonchev–Trinajstić information content (AvgIpc) is 2.51. The molecule has 0 radical (unpaired) electrons. The minimum atomic E-state index is -0.0299. The fourth-order valence-electron chi connectivity index (χ4n) is 5.46. The van der Waals surface area contributed by atoms with Crippen LogP contribution in [0, 0.1) is 11.1 Å². The summed E-state index contributed by atoms with van der Waals surface area (Å²) in [5.74, 6) is 1.54. The van der Waals surface area contributed by atoms with E-state index < -0.39 is 0 Å². The molecule has 2 fully saturated rings. The van der Waals surface area contributed by atoms with E-state index in [1.807, 2.05) is 7.05 Å². The standard InChI is InChI=1S/C18H25NO2.ClH/c1-19(20)10-9-18-8-4-3-5-15(18)17(19)11-13-6-7-14(21-2)12-16(13)18;/h6-7,12,15,17H,3-5,8-11H2,1-2H3;1H/t15-,17+,18+,19+;/m1./s1. The summed E-state index contributed by atoms with van der Waals surface area (Å²) >= 11 is 0. The van der Waals surface area contributed by atoms with Crippen LogP contribution in [0.5, 0.6) is 5.75 Å². The Morgan fingerprint density at radius 2 is 2.09 bits per heavy atom. The van der Waals surface area contributed by atoms with Gasteiger partial charge in [0.05, 0.1) is 26.7 Å². The number of piperidine rings is 1. The van der Waals surface area contributed by atoms with Gasteiger partial charge in [0.2, 0.25) is 0 Å². The summed E-state index contributed by atoms with van der Waals surface area (Å²) in [6.07, 6.45) is 7.09. The summed E-state index contributed by atoms with van der Waals surface area (Å²) in [4.78, 5) is 0. The van der Waals surface area contributed by atoms with Gasteiger partial charge in [-0.15, -0.1) is 12.4 Å². The molecule has 1 heterocycles. The van der Waals surface area contributed by atoms with Crippen LogP contribution in [0.4, 0.5) is 0 Å². The third-order valence-electron chi connectivity index (χ3n) is 6.55. The molecule has 3 aliphatic rings. The molecule has 0 N–H and O–H groups in total. The van der Waals surface area contributed by atoms with E-state index in [4.69, 9.17) is 4.74 Å². The normalized spacial score (nSPS) is 39.2. The zero-order valence-electron chi connectivity index (χ0n) is 13.5. The van der Waals surface area contributed by atoms with Gasteiger partial charge < -0.3 is 14.6 Å². The van der Waals surface area contributed by atoms with Gasteiger partial charge in [-0.3, -0.25) is 0 Å². The van der Waals surface area contributed by atoms with Gasteiger partial charge in [-0.1, -0.05) is 18.9 Å². The van der Waals surface area contributed by atoms with E-state index in [0.29, 0.717) is 5.92 Å². The van der Waals surface area contributed by atoms with Crippen LogP contribution in [0.15, 0.2) is 18.2 Å². The van der Waals surface area contributed by atoms with E-state index in [0.717, 1.165) is 25.1 Å². The summed E-state index contributed by atoms with van der Waals surface area (Å²) < 4.78 is 5.44. The molecule has 1 aromatic carbocycles. The molecule has 0 amide bonds. The van der Waals surface area contributed by atoms with E-state index in [1.54, 1.807) is 7.11 Å². The number of methoxy groups -OCH3 is 1. The highest BCUT2D eigenvalue weighted by molar-refractivity contribution is 5.85. The van der Waals surface area contributed by atoms with Gasteiger partial charge >= 0.3 is 0 Å². The minimum Gasteiger partial charge on any atom is -0.633 e. The highest BCUT2D eigenvalue weighted by atomic mass is 35.5. The number of likely N-dealkylation sites (tertiary alicyclic amines) is 1. The van der Waals surface area contributed by atoms with Crippen molar-refractivity contribution in [2.75, 3.05) is 20.7 Å². The Bertz CT molecular complexity index is 574. The second-order valence-electron chi connectivity index (χ2n) is 7.45. The van der Waals surface area contributed by atoms with Crippen LogP contribution >= 0.6 is 12.4 Å². The summed E-state index contributed by atoms with van der Waals surface area (Å²) in [6, 6.07) is 6.80. The largest absolute Gasteiger partial charge is 0.633 e. The van der Waals surface area contributed by atoms with Gasteiger partial charge in [0, 0.05) is 24.2 Å². The Morgan fingerprint density at radius 1 is 1.27 bits per heavy atom. The van der Waals surface area contributed by atoms with Crippen LogP contribution in [0.2, 0.25) is 0 Å². The molecule has 1 saturated heterocycles. The Balaban J connectivity index is 0.00000144. The van der Waals surface area contributed by atoms with E-state index in [9.17, 15) is 5.21 Å². The van der Waals surface area contributed by atoms with Gasteiger partial charge in [0.25, 0.3) is 0 Å². The van der Waals surface area contributed by atoms with Crippen molar-refractivity contribution < 1.29 is 9.38 Å². The van der Waals surface area contributed by atoms with Crippen molar-refractivity contribution in [2.45, 2.75) is 50.0 Å². The number of hydroxylamine groups is 3. The van der Waals surface area contributed by atoms with Crippen molar-refractivity contribution in [3.8, 4) is 5.75 Å². The quantitative estimate of drug-likeness (QED) is 0.581. The SMILES string of the molecule is COc1ccc2c(c1)[C@]13CCCC[C@@H]1[C@H](C2)[N@@+](C)([O-])CC3.Cl. The lowest BCUT2D eigenvalue weighted by Gasteiger charge is -2.63. The number of hydrogen-bond acceptors (Lipinski definition) is 2. The van der Waals surface area contributed by atoms with E-state index >= 15 is 0 Å². The number of halogens is 1. The molecule has 4 rings (SSSR count). The highest BCUT2D eigenvalue weighted by Gasteiger charge is 2.57. The Kier molecular flexibility index (Phi) is 3.95. The maximum Gasteiger partial charge on any atom is 0.119 e. The second kappa shape index (κ2) is 5.40. The molecule has 122 valence electrons. The first-order valence-corrected chi connectivity index (χ1v) is 8.30. The number of fused-ring (bicyclic) bond motifs is 1. The Hall–Kier alpha value is -0.770. The van der Waals surface area contributed by atoms with Crippen LogP contribution in [-0.4, -0.2) is 31.4 Å². The number of rotatable bonds is 1. The maximum atomic E-state index is 13.0. The number of hydrogen-bond donors (Lipinski definition) is 0. The molecule has 0 spiro atoms. The van der Waals surface area contributed by atoms with Crippen LogP contribution in [-0.2, 0) is 11.8 Å². The summed E-state index contributed by atoms with van der Waals surface area (Å²) in [6.45, 7) is 0.776. The molecular weight excluding hydrogens is 298 g/mol. The van der Waals surface area contributed by atoms with E-state index in [-0.39, 0.29) is 28.5 Å². The maximum absolute atomic E-state index is 13.0. The lowest BCUT2D eigenvalue weighted by atomic mass is 9.52. The summed E-state index contributed by atoms with van der Waals surface area (Å²) in [5.41, 5.74) is 3.16. The fourth-order valence-corrected chi connectivity index (χ4v) is 5.46. The lowest BCUT2D eigenvalue weighted by Crippen LogP contribution is -2.66. The molecule has 0 aromatic heterocycles. The number of likely N-dealkylation sites (N-methyl/N-ethyl adjacent to an activating group) is 1. The second-order valence-corrected chi connectivity index (χ2v) is 7.45. The molecule has 1 aromatic rings. The van der Waals surface area contributed by atoms with Crippen LogP contribution in [0.25, 0.3) is 0 Å². The third kappa shape index (κ3) is 2.10. The first-order chi connectivity index (χ1) is 10.1. The molecule has 1 aliphatic heterocycles. The summed E-state index contributed by atoms with van der Waals surface area (Å²) in [5, 5.41) is 13.0. The van der Waals surface area contributed by atoms with Crippen LogP contribution < -0.4 is 4.74 Å². The zero-order chi connectivity index (χ0) is 14.7. The van der Waals surface area contributed by atoms with Gasteiger partial charge in [0.15, 0.2) is 0 Å². The van der Waals surface area contributed by atoms with Crippen molar-refractivity contribution in [2.24, 2.45) is 5.92 Å². The van der Waals surface area contributed by atoms with Gasteiger partial charge in [-0.05, 0) is 36.1 Å². The molecule has 22 heavy (non-hydrogen) atoms. The predicted octanol–water partition coefficient (Wildman–Crippen LogP) is 3.82. The lowest BCUT2D eigenvalue weighted by molar-refractivity contribution is -0.899. The number of benzene rings is 1. The average molecular weight is 324 g/mol.